The molecule has 2 fully saturated rings. The second-order valence-corrected chi connectivity index (χ2v) is 6.12. The molecule has 3 nitrogen and oxygen atoms in total. The van der Waals surface area contributed by atoms with Gasteiger partial charge in [-0.15, -0.1) is 0 Å². The Balaban J connectivity index is 1.45. The van der Waals surface area contributed by atoms with Gasteiger partial charge in [0.1, 0.15) is 11.9 Å². The second-order valence-electron chi connectivity index (χ2n) is 5.69. The standard InChI is InChI=1S/C15H21ClN2O/c1-17-7-5-13(6-8-17)18-10-15(11-18)19-14-4-2-3-12(16)9-14/h2-4,9,13,15H,5-8,10-11H2,1H3. The lowest BCUT2D eigenvalue weighted by atomic mass is 9.99. The first-order chi connectivity index (χ1) is 9.20. The summed E-state index contributed by atoms with van der Waals surface area (Å²) in [6.07, 6.45) is 2.92. The van der Waals surface area contributed by atoms with Crippen LogP contribution >= 0.6 is 11.6 Å². The highest BCUT2D eigenvalue weighted by atomic mass is 35.5. The van der Waals surface area contributed by atoms with Crippen LogP contribution in [0.4, 0.5) is 0 Å². The van der Waals surface area contributed by atoms with Crippen molar-refractivity contribution < 1.29 is 4.74 Å². The van der Waals surface area contributed by atoms with Crippen LogP contribution in [0.5, 0.6) is 5.75 Å². The number of hydrogen-bond donors (Lipinski definition) is 0. The number of benzene rings is 1. The predicted octanol–water partition coefficient (Wildman–Crippen LogP) is 2.50. The van der Waals surface area contributed by atoms with Crippen LogP contribution in [0.15, 0.2) is 24.3 Å². The molecule has 0 amide bonds. The SMILES string of the molecule is CN1CCC(N2CC(Oc3cccc(Cl)c3)C2)CC1. The molecule has 0 aliphatic carbocycles. The summed E-state index contributed by atoms with van der Waals surface area (Å²) in [5, 5.41) is 0.740. The lowest BCUT2D eigenvalue weighted by molar-refractivity contribution is -0.0246. The first kappa shape index (κ1) is 13.2. The van der Waals surface area contributed by atoms with Crippen LogP contribution in [-0.4, -0.2) is 55.2 Å². The number of halogens is 1. The molecule has 0 aromatic heterocycles. The molecule has 4 heteroatoms. The molecule has 19 heavy (non-hydrogen) atoms. The highest BCUT2D eigenvalue weighted by Crippen LogP contribution is 2.25. The van der Waals surface area contributed by atoms with Gasteiger partial charge in [0.2, 0.25) is 0 Å². The van der Waals surface area contributed by atoms with Crippen molar-refractivity contribution in [1.82, 2.24) is 9.80 Å². The molecule has 2 aliphatic rings. The lowest BCUT2D eigenvalue weighted by Gasteiger charge is -2.46. The van der Waals surface area contributed by atoms with Gasteiger partial charge in [0, 0.05) is 24.2 Å². The molecule has 104 valence electrons. The van der Waals surface area contributed by atoms with Gasteiger partial charge in [0.05, 0.1) is 0 Å². The van der Waals surface area contributed by atoms with E-state index in [4.69, 9.17) is 16.3 Å². The lowest BCUT2D eigenvalue weighted by Crippen LogP contribution is -2.59. The highest BCUT2D eigenvalue weighted by Gasteiger charge is 2.34. The summed E-state index contributed by atoms with van der Waals surface area (Å²) in [4.78, 5) is 4.97. The van der Waals surface area contributed by atoms with Crippen molar-refractivity contribution in [1.29, 1.82) is 0 Å². The van der Waals surface area contributed by atoms with E-state index >= 15 is 0 Å². The summed E-state index contributed by atoms with van der Waals surface area (Å²) < 4.78 is 5.94. The Morgan fingerprint density at radius 1 is 1.21 bits per heavy atom. The molecular formula is C15H21ClN2O. The normalized spacial score (nSPS) is 23.3. The van der Waals surface area contributed by atoms with E-state index in [1.54, 1.807) is 0 Å². The minimum Gasteiger partial charge on any atom is -0.488 e. The summed E-state index contributed by atoms with van der Waals surface area (Å²) in [7, 11) is 2.21. The average molecular weight is 281 g/mol. The third-order valence-electron chi connectivity index (χ3n) is 4.18. The van der Waals surface area contributed by atoms with Gasteiger partial charge >= 0.3 is 0 Å². The molecule has 2 heterocycles. The molecule has 1 aromatic carbocycles. The maximum atomic E-state index is 5.96. The quantitative estimate of drug-likeness (QED) is 0.846. The Morgan fingerprint density at radius 2 is 1.95 bits per heavy atom. The number of nitrogens with zero attached hydrogens (tertiary/aromatic N) is 2. The molecule has 3 rings (SSSR count). The van der Waals surface area contributed by atoms with E-state index in [9.17, 15) is 0 Å². The topological polar surface area (TPSA) is 15.7 Å². The highest BCUT2D eigenvalue weighted by molar-refractivity contribution is 6.30. The second kappa shape index (κ2) is 5.70. The van der Waals surface area contributed by atoms with Gasteiger partial charge in [-0.1, -0.05) is 17.7 Å². The van der Waals surface area contributed by atoms with Gasteiger partial charge < -0.3 is 9.64 Å². The molecule has 1 aromatic rings. The van der Waals surface area contributed by atoms with Crippen molar-refractivity contribution in [3.63, 3.8) is 0 Å². The Bertz CT molecular complexity index is 426. The van der Waals surface area contributed by atoms with Crippen LogP contribution in [0.1, 0.15) is 12.8 Å². The number of hydrogen-bond acceptors (Lipinski definition) is 3. The van der Waals surface area contributed by atoms with Gasteiger partial charge in [-0.25, -0.2) is 0 Å². The summed E-state index contributed by atoms with van der Waals surface area (Å²) in [5.74, 6) is 0.889. The zero-order valence-corrected chi connectivity index (χ0v) is 12.1. The number of ether oxygens (including phenoxy) is 1. The smallest absolute Gasteiger partial charge is 0.124 e. The van der Waals surface area contributed by atoms with E-state index in [1.165, 1.54) is 25.9 Å². The summed E-state index contributed by atoms with van der Waals surface area (Å²) in [5.41, 5.74) is 0. The first-order valence-electron chi connectivity index (χ1n) is 7.05. The number of likely N-dealkylation sites (tertiary alicyclic amines) is 2. The van der Waals surface area contributed by atoms with Gasteiger partial charge in [0.25, 0.3) is 0 Å². The number of rotatable bonds is 3. The molecule has 2 aliphatic heterocycles. The molecule has 0 spiro atoms. The van der Waals surface area contributed by atoms with Gasteiger partial charge in [-0.2, -0.15) is 0 Å². The average Bonchev–Trinajstić information content (AvgIpc) is 2.35. The summed E-state index contributed by atoms with van der Waals surface area (Å²) in [6, 6.07) is 8.44. The molecule has 0 bridgehead atoms. The third kappa shape index (κ3) is 3.22. The van der Waals surface area contributed by atoms with Crippen LogP contribution in [0.3, 0.4) is 0 Å². The Morgan fingerprint density at radius 3 is 2.63 bits per heavy atom. The Hall–Kier alpha value is -0.770. The van der Waals surface area contributed by atoms with E-state index < -0.39 is 0 Å². The van der Waals surface area contributed by atoms with Crippen molar-refractivity contribution in [3.8, 4) is 5.75 Å². The van der Waals surface area contributed by atoms with Crippen LogP contribution in [0.2, 0.25) is 5.02 Å². The fourth-order valence-electron chi connectivity index (χ4n) is 2.94. The van der Waals surface area contributed by atoms with E-state index in [0.717, 1.165) is 29.9 Å². The van der Waals surface area contributed by atoms with Crippen LogP contribution in [0.25, 0.3) is 0 Å². The minimum atomic E-state index is 0.332. The van der Waals surface area contributed by atoms with Crippen molar-refractivity contribution in [3.05, 3.63) is 29.3 Å². The Kier molecular flexibility index (Phi) is 3.96. The fraction of sp³-hybridized carbons (Fsp3) is 0.600. The first-order valence-corrected chi connectivity index (χ1v) is 7.43. The molecule has 0 N–H and O–H groups in total. The van der Waals surface area contributed by atoms with Gasteiger partial charge in [-0.3, -0.25) is 4.90 Å². The maximum Gasteiger partial charge on any atom is 0.124 e. The van der Waals surface area contributed by atoms with Gasteiger partial charge in [0.15, 0.2) is 0 Å². The third-order valence-corrected chi connectivity index (χ3v) is 4.41. The van der Waals surface area contributed by atoms with Crippen molar-refractivity contribution >= 4 is 11.6 Å². The van der Waals surface area contributed by atoms with Crippen LogP contribution < -0.4 is 4.74 Å². The molecule has 0 saturated carbocycles. The Labute approximate surface area is 120 Å². The molecule has 2 saturated heterocycles. The molecular weight excluding hydrogens is 260 g/mol. The summed E-state index contributed by atoms with van der Waals surface area (Å²) in [6.45, 7) is 4.56. The van der Waals surface area contributed by atoms with Crippen LogP contribution in [-0.2, 0) is 0 Å². The van der Waals surface area contributed by atoms with Crippen molar-refractivity contribution in [2.45, 2.75) is 25.0 Å². The number of piperidine rings is 1. The van der Waals surface area contributed by atoms with E-state index in [2.05, 4.69) is 16.8 Å². The van der Waals surface area contributed by atoms with Crippen LogP contribution in [0, 0.1) is 0 Å². The molecule has 0 atom stereocenters. The predicted molar refractivity (Wildman–Crippen MR) is 78.0 cm³/mol. The zero-order valence-electron chi connectivity index (χ0n) is 11.4. The molecule has 0 radical (unpaired) electrons. The van der Waals surface area contributed by atoms with Crippen molar-refractivity contribution in [2.24, 2.45) is 0 Å². The minimum absolute atomic E-state index is 0.332. The van der Waals surface area contributed by atoms with Gasteiger partial charge in [-0.05, 0) is 51.2 Å². The van der Waals surface area contributed by atoms with E-state index in [-0.39, 0.29) is 0 Å². The van der Waals surface area contributed by atoms with Crippen molar-refractivity contribution in [2.75, 3.05) is 33.2 Å². The van der Waals surface area contributed by atoms with E-state index in [0.29, 0.717) is 6.10 Å². The zero-order chi connectivity index (χ0) is 13.2. The fourth-order valence-corrected chi connectivity index (χ4v) is 3.12. The monoisotopic (exact) mass is 280 g/mol. The largest absolute Gasteiger partial charge is 0.488 e. The maximum absolute atomic E-state index is 5.96. The summed E-state index contributed by atoms with van der Waals surface area (Å²) >= 11 is 5.96. The van der Waals surface area contributed by atoms with E-state index in [1.807, 2.05) is 24.3 Å². The molecule has 0 unspecified atom stereocenters.